The molecule has 3 heteroatoms. The Bertz CT molecular complexity index is 353. The fourth-order valence-corrected chi connectivity index (χ4v) is 1.95. The summed E-state index contributed by atoms with van der Waals surface area (Å²) < 4.78 is 0. The van der Waals surface area contributed by atoms with Gasteiger partial charge in [-0.1, -0.05) is 6.58 Å². The van der Waals surface area contributed by atoms with Crippen LogP contribution in [0.2, 0.25) is 0 Å². The van der Waals surface area contributed by atoms with Crippen molar-refractivity contribution in [2.24, 2.45) is 0 Å². The van der Waals surface area contributed by atoms with Crippen molar-refractivity contribution in [1.29, 1.82) is 0 Å². The summed E-state index contributed by atoms with van der Waals surface area (Å²) >= 11 is 0. The van der Waals surface area contributed by atoms with Crippen molar-refractivity contribution >= 4 is 6.29 Å². The number of allylic oxidation sites excluding steroid dienone is 2. The van der Waals surface area contributed by atoms with Gasteiger partial charge in [-0.25, -0.2) is 0 Å². The molecule has 0 spiro atoms. The number of nitrogens with zero attached hydrogens (tertiary/aromatic N) is 2. The molecule has 0 N–H and O–H groups in total. The van der Waals surface area contributed by atoms with Crippen molar-refractivity contribution in [2.45, 2.75) is 26.2 Å². The molecule has 0 aliphatic carbocycles. The average molecular weight is 234 g/mol. The third-order valence-electron chi connectivity index (χ3n) is 2.90. The first-order valence-electron chi connectivity index (χ1n) is 6.09. The highest BCUT2D eigenvalue weighted by molar-refractivity contribution is 5.49. The molecule has 1 aliphatic rings. The predicted molar refractivity (Wildman–Crippen MR) is 71.3 cm³/mol. The largest absolute Gasteiger partial charge is 0.377 e. The Morgan fingerprint density at radius 2 is 2.18 bits per heavy atom. The third-order valence-corrected chi connectivity index (χ3v) is 2.90. The Hall–Kier alpha value is -1.51. The van der Waals surface area contributed by atoms with E-state index in [2.05, 4.69) is 35.6 Å². The van der Waals surface area contributed by atoms with Crippen LogP contribution in [0.15, 0.2) is 35.8 Å². The Labute approximate surface area is 104 Å². The van der Waals surface area contributed by atoms with E-state index in [9.17, 15) is 4.79 Å². The van der Waals surface area contributed by atoms with Crippen LogP contribution in [-0.2, 0) is 4.79 Å². The van der Waals surface area contributed by atoms with Crippen LogP contribution in [0.5, 0.6) is 0 Å². The fraction of sp³-hybridized carbons (Fsp3) is 0.500. The highest BCUT2D eigenvalue weighted by Crippen LogP contribution is 2.26. The third kappa shape index (κ3) is 3.48. The van der Waals surface area contributed by atoms with Gasteiger partial charge in [-0.05, 0) is 31.4 Å². The maximum atomic E-state index is 10.4. The highest BCUT2D eigenvalue weighted by Gasteiger charge is 2.16. The standard InChI is InChI=1S/C14H22N2O/c1-5-16-11-13(8-6-7-9-17)14(15(3)4)10-12(16)2/h9-11H,2,5-8H2,1,3-4H3. The Morgan fingerprint density at radius 3 is 2.71 bits per heavy atom. The second-order valence-corrected chi connectivity index (χ2v) is 4.41. The van der Waals surface area contributed by atoms with Gasteiger partial charge in [-0.15, -0.1) is 0 Å². The molecule has 94 valence electrons. The molecule has 17 heavy (non-hydrogen) atoms. The average Bonchev–Trinajstić information content (AvgIpc) is 2.30. The number of hydrogen-bond donors (Lipinski definition) is 0. The van der Waals surface area contributed by atoms with Crippen LogP contribution in [0.4, 0.5) is 0 Å². The smallest absolute Gasteiger partial charge is 0.120 e. The minimum atomic E-state index is 0.630. The molecule has 0 atom stereocenters. The number of carbonyl (C=O) groups excluding carboxylic acids is 1. The lowest BCUT2D eigenvalue weighted by Gasteiger charge is -2.30. The van der Waals surface area contributed by atoms with Crippen molar-refractivity contribution in [3.8, 4) is 0 Å². The lowest BCUT2D eigenvalue weighted by molar-refractivity contribution is -0.107. The molecule has 0 saturated carbocycles. The van der Waals surface area contributed by atoms with Gasteiger partial charge in [0, 0.05) is 44.7 Å². The number of hydrogen-bond acceptors (Lipinski definition) is 3. The minimum Gasteiger partial charge on any atom is -0.377 e. The van der Waals surface area contributed by atoms with Crippen LogP contribution in [0.25, 0.3) is 0 Å². The second-order valence-electron chi connectivity index (χ2n) is 4.41. The molecular formula is C14H22N2O. The van der Waals surface area contributed by atoms with Gasteiger partial charge in [0.2, 0.25) is 0 Å². The van der Waals surface area contributed by atoms with E-state index in [-0.39, 0.29) is 0 Å². The SMILES string of the molecule is C=C1C=C(N(C)C)C(CCCC=O)=CN1CC. The summed E-state index contributed by atoms with van der Waals surface area (Å²) in [4.78, 5) is 14.6. The molecular weight excluding hydrogens is 212 g/mol. The van der Waals surface area contributed by atoms with E-state index in [4.69, 9.17) is 0 Å². The van der Waals surface area contributed by atoms with Crippen LogP contribution in [0, 0.1) is 0 Å². The Kier molecular flexibility index (Phi) is 5.01. The Morgan fingerprint density at radius 1 is 1.47 bits per heavy atom. The molecule has 0 aromatic carbocycles. The lowest BCUT2D eigenvalue weighted by Crippen LogP contribution is -2.24. The first-order valence-corrected chi connectivity index (χ1v) is 6.09. The number of rotatable bonds is 6. The Balaban J connectivity index is 2.83. The minimum absolute atomic E-state index is 0.630. The monoisotopic (exact) mass is 234 g/mol. The van der Waals surface area contributed by atoms with Crippen LogP contribution < -0.4 is 0 Å². The summed E-state index contributed by atoms with van der Waals surface area (Å²) in [6, 6.07) is 0. The van der Waals surface area contributed by atoms with E-state index >= 15 is 0 Å². The van der Waals surface area contributed by atoms with Crippen molar-refractivity contribution in [3.05, 3.63) is 35.8 Å². The quantitative estimate of drug-likeness (QED) is 0.521. The molecule has 0 fully saturated rings. The molecule has 0 saturated heterocycles. The molecule has 0 unspecified atom stereocenters. The normalized spacial score (nSPS) is 15.5. The summed E-state index contributed by atoms with van der Waals surface area (Å²) in [6.07, 6.45) is 7.73. The number of aldehydes is 1. The van der Waals surface area contributed by atoms with Crippen LogP contribution in [0.3, 0.4) is 0 Å². The highest BCUT2D eigenvalue weighted by atomic mass is 16.1. The summed E-state index contributed by atoms with van der Waals surface area (Å²) in [5.74, 6) is 0. The zero-order valence-electron chi connectivity index (χ0n) is 11.1. The number of carbonyl (C=O) groups is 1. The summed E-state index contributed by atoms with van der Waals surface area (Å²) in [5, 5.41) is 0. The maximum Gasteiger partial charge on any atom is 0.120 e. The van der Waals surface area contributed by atoms with Gasteiger partial charge in [-0.3, -0.25) is 0 Å². The zero-order valence-corrected chi connectivity index (χ0v) is 11.1. The van der Waals surface area contributed by atoms with Crippen molar-refractivity contribution < 1.29 is 4.79 Å². The predicted octanol–water partition coefficient (Wildman–Crippen LogP) is 2.53. The van der Waals surface area contributed by atoms with E-state index in [1.165, 1.54) is 11.3 Å². The van der Waals surface area contributed by atoms with E-state index < -0.39 is 0 Å². The fourth-order valence-electron chi connectivity index (χ4n) is 1.95. The van der Waals surface area contributed by atoms with Gasteiger partial charge >= 0.3 is 0 Å². The molecule has 0 bridgehead atoms. The molecule has 3 nitrogen and oxygen atoms in total. The molecule has 0 aromatic rings. The first-order chi connectivity index (χ1) is 8.10. The zero-order chi connectivity index (χ0) is 12.8. The summed E-state index contributed by atoms with van der Waals surface area (Å²) in [7, 11) is 4.07. The van der Waals surface area contributed by atoms with Gasteiger partial charge in [0.1, 0.15) is 6.29 Å². The van der Waals surface area contributed by atoms with Gasteiger partial charge in [0.05, 0.1) is 0 Å². The molecule has 1 heterocycles. The molecule has 1 aliphatic heterocycles. The molecule has 0 aromatic heterocycles. The van der Waals surface area contributed by atoms with Crippen LogP contribution in [-0.4, -0.2) is 36.7 Å². The lowest BCUT2D eigenvalue weighted by atomic mass is 10.0. The molecule has 0 amide bonds. The van der Waals surface area contributed by atoms with Crippen molar-refractivity contribution in [3.63, 3.8) is 0 Å². The summed E-state index contributed by atoms with van der Waals surface area (Å²) in [5.41, 5.74) is 3.51. The van der Waals surface area contributed by atoms with E-state index in [1.807, 2.05) is 14.1 Å². The van der Waals surface area contributed by atoms with Gasteiger partial charge in [0.25, 0.3) is 0 Å². The second kappa shape index (κ2) is 6.28. The maximum absolute atomic E-state index is 10.4. The van der Waals surface area contributed by atoms with E-state index in [0.717, 1.165) is 31.4 Å². The van der Waals surface area contributed by atoms with Crippen molar-refractivity contribution in [1.82, 2.24) is 9.80 Å². The topological polar surface area (TPSA) is 23.6 Å². The van der Waals surface area contributed by atoms with Gasteiger partial charge in [-0.2, -0.15) is 0 Å². The number of unbranched alkanes of at least 4 members (excludes halogenated alkanes) is 1. The summed E-state index contributed by atoms with van der Waals surface area (Å²) in [6.45, 7) is 7.09. The van der Waals surface area contributed by atoms with Crippen molar-refractivity contribution in [2.75, 3.05) is 20.6 Å². The van der Waals surface area contributed by atoms with Gasteiger partial charge in [0.15, 0.2) is 0 Å². The van der Waals surface area contributed by atoms with E-state index in [0.29, 0.717) is 6.42 Å². The number of likely N-dealkylation sites (N-methyl/N-ethyl adjacent to an activating group) is 2. The first kappa shape index (κ1) is 13.6. The molecule has 0 radical (unpaired) electrons. The van der Waals surface area contributed by atoms with Gasteiger partial charge < -0.3 is 14.6 Å². The van der Waals surface area contributed by atoms with E-state index in [1.54, 1.807) is 0 Å². The molecule has 1 rings (SSSR count). The van der Waals surface area contributed by atoms with Crippen LogP contribution in [0.1, 0.15) is 26.2 Å². The van der Waals surface area contributed by atoms with Crippen LogP contribution >= 0.6 is 0 Å².